The number of aliphatic hydroxyl groups is 1. The third-order valence-corrected chi connectivity index (χ3v) is 7.64. The standard InChI is InChI=1S/C15H19BrN2O2.C9H9BrO/c1-10-9-17(15(19)20)6-7-18(10)14-5-2-11-8-12(16)3-4-13(11)14;10-7-2-3-8-6(5-7)1-4-9(8)11/h3-4,8,10,14H,2,5-7,9H2,1H3,(H,19,20);2-3,5,9,11H,1,4H2/t10-,14?;/m0./s1. The second kappa shape index (κ2) is 9.61. The predicted octanol–water partition coefficient (Wildman–Crippen LogP) is 5.55. The van der Waals surface area contributed by atoms with Gasteiger partial charge in [-0.15, -0.1) is 0 Å². The average Bonchev–Trinajstić information content (AvgIpc) is 3.31. The number of nitrogens with zero attached hydrogens (tertiary/aromatic N) is 2. The maximum atomic E-state index is 11.1. The molecule has 2 unspecified atom stereocenters. The second-order valence-corrected chi connectivity index (χ2v) is 10.4. The van der Waals surface area contributed by atoms with Gasteiger partial charge in [0.1, 0.15) is 0 Å². The summed E-state index contributed by atoms with van der Waals surface area (Å²) >= 11 is 6.93. The van der Waals surface area contributed by atoms with E-state index in [4.69, 9.17) is 5.11 Å². The summed E-state index contributed by atoms with van der Waals surface area (Å²) in [6, 6.07) is 13.3. The molecule has 31 heavy (non-hydrogen) atoms. The van der Waals surface area contributed by atoms with Gasteiger partial charge in [-0.3, -0.25) is 4.90 Å². The normalized spacial score (nSPS) is 24.9. The average molecular weight is 552 g/mol. The number of hydrogen-bond donors (Lipinski definition) is 2. The summed E-state index contributed by atoms with van der Waals surface area (Å²) in [5, 5.41) is 18.6. The molecule has 2 aliphatic carbocycles. The van der Waals surface area contributed by atoms with E-state index in [0.29, 0.717) is 19.1 Å². The smallest absolute Gasteiger partial charge is 0.407 e. The molecule has 5 rings (SSSR count). The van der Waals surface area contributed by atoms with Crippen molar-refractivity contribution in [1.29, 1.82) is 0 Å². The van der Waals surface area contributed by atoms with Crippen molar-refractivity contribution in [3.8, 4) is 0 Å². The Bertz CT molecular complexity index is 968. The molecule has 0 radical (unpaired) electrons. The number of halogens is 2. The van der Waals surface area contributed by atoms with Gasteiger partial charge in [0.15, 0.2) is 0 Å². The molecule has 1 aliphatic heterocycles. The zero-order valence-corrected chi connectivity index (χ0v) is 20.8. The minimum atomic E-state index is -0.799. The van der Waals surface area contributed by atoms with Crippen molar-refractivity contribution < 1.29 is 15.0 Å². The fourth-order valence-electron chi connectivity index (χ4n) is 5.08. The van der Waals surface area contributed by atoms with Crippen LogP contribution in [0.15, 0.2) is 45.3 Å². The van der Waals surface area contributed by atoms with Crippen molar-refractivity contribution in [2.75, 3.05) is 19.6 Å². The first-order valence-electron chi connectivity index (χ1n) is 10.8. The molecule has 3 aliphatic rings. The lowest BCUT2D eigenvalue weighted by atomic mass is 10.0. The van der Waals surface area contributed by atoms with Gasteiger partial charge in [-0.2, -0.15) is 0 Å². The molecule has 1 fully saturated rings. The van der Waals surface area contributed by atoms with Crippen LogP contribution in [0.2, 0.25) is 0 Å². The summed E-state index contributed by atoms with van der Waals surface area (Å²) in [6.45, 7) is 4.18. The van der Waals surface area contributed by atoms with Crippen LogP contribution in [0, 0.1) is 0 Å². The van der Waals surface area contributed by atoms with Crippen molar-refractivity contribution in [3.63, 3.8) is 0 Å². The summed E-state index contributed by atoms with van der Waals surface area (Å²) in [5.74, 6) is 0. The number of aryl methyl sites for hydroxylation is 2. The number of piperazine rings is 1. The van der Waals surface area contributed by atoms with Gasteiger partial charge in [0.25, 0.3) is 0 Å². The maximum Gasteiger partial charge on any atom is 0.407 e. The van der Waals surface area contributed by atoms with Crippen LogP contribution in [0.4, 0.5) is 4.79 Å². The van der Waals surface area contributed by atoms with Crippen molar-refractivity contribution in [3.05, 3.63) is 67.6 Å². The molecule has 1 saturated heterocycles. The van der Waals surface area contributed by atoms with E-state index >= 15 is 0 Å². The molecule has 0 aromatic heterocycles. The van der Waals surface area contributed by atoms with E-state index in [0.717, 1.165) is 46.7 Å². The number of hydrogen-bond acceptors (Lipinski definition) is 3. The minimum Gasteiger partial charge on any atom is -0.465 e. The monoisotopic (exact) mass is 550 g/mol. The number of benzene rings is 2. The lowest BCUT2D eigenvalue weighted by Gasteiger charge is -2.42. The Morgan fingerprint density at radius 2 is 1.58 bits per heavy atom. The van der Waals surface area contributed by atoms with Crippen molar-refractivity contribution in [2.24, 2.45) is 0 Å². The Kier molecular flexibility index (Phi) is 7.06. The fraction of sp³-hybridized carbons (Fsp3) is 0.458. The van der Waals surface area contributed by atoms with Crippen LogP contribution in [0.3, 0.4) is 0 Å². The zero-order chi connectivity index (χ0) is 22.1. The largest absolute Gasteiger partial charge is 0.465 e. The van der Waals surface area contributed by atoms with Crippen molar-refractivity contribution >= 4 is 38.0 Å². The molecule has 5 nitrogen and oxygen atoms in total. The molecule has 0 bridgehead atoms. The van der Waals surface area contributed by atoms with Gasteiger partial charge < -0.3 is 15.1 Å². The number of amides is 1. The lowest BCUT2D eigenvalue weighted by Crippen LogP contribution is -2.53. The predicted molar refractivity (Wildman–Crippen MR) is 128 cm³/mol. The Morgan fingerprint density at radius 1 is 0.968 bits per heavy atom. The first-order valence-corrected chi connectivity index (χ1v) is 12.4. The molecule has 2 N–H and O–H groups in total. The van der Waals surface area contributed by atoms with Gasteiger partial charge >= 0.3 is 6.09 Å². The molecule has 2 aromatic carbocycles. The number of fused-ring (bicyclic) bond motifs is 2. The Hall–Kier alpha value is -1.41. The van der Waals surface area contributed by atoms with Gasteiger partial charge in [0.05, 0.1) is 6.10 Å². The fourth-order valence-corrected chi connectivity index (χ4v) is 5.90. The molecule has 0 saturated carbocycles. The van der Waals surface area contributed by atoms with Crippen molar-refractivity contribution in [2.45, 2.75) is 50.8 Å². The Morgan fingerprint density at radius 3 is 2.23 bits per heavy atom. The van der Waals surface area contributed by atoms with Gasteiger partial charge in [0, 0.05) is 40.7 Å². The van der Waals surface area contributed by atoms with Gasteiger partial charge in [0.2, 0.25) is 0 Å². The van der Waals surface area contributed by atoms with E-state index < -0.39 is 6.09 Å². The number of aliphatic hydroxyl groups excluding tert-OH is 1. The van der Waals surface area contributed by atoms with Crippen LogP contribution in [0.25, 0.3) is 0 Å². The molecule has 1 heterocycles. The number of carbonyl (C=O) groups is 1. The summed E-state index contributed by atoms with van der Waals surface area (Å²) < 4.78 is 2.24. The molecular formula is C24H28Br2N2O3. The summed E-state index contributed by atoms with van der Waals surface area (Å²) in [4.78, 5) is 15.1. The van der Waals surface area contributed by atoms with Crippen LogP contribution < -0.4 is 0 Å². The Labute approximate surface area is 200 Å². The van der Waals surface area contributed by atoms with E-state index in [9.17, 15) is 9.90 Å². The lowest BCUT2D eigenvalue weighted by molar-refractivity contribution is 0.0484. The van der Waals surface area contributed by atoms with E-state index in [1.807, 2.05) is 12.1 Å². The highest BCUT2D eigenvalue weighted by molar-refractivity contribution is 9.10. The highest BCUT2D eigenvalue weighted by atomic mass is 79.9. The molecule has 1 amide bonds. The highest BCUT2D eigenvalue weighted by Crippen LogP contribution is 2.38. The van der Waals surface area contributed by atoms with Gasteiger partial charge in [-0.25, -0.2) is 4.79 Å². The molecule has 7 heteroatoms. The second-order valence-electron chi connectivity index (χ2n) is 8.61. The first-order chi connectivity index (χ1) is 14.8. The molecule has 3 atom stereocenters. The quantitative estimate of drug-likeness (QED) is 0.488. The summed E-state index contributed by atoms with van der Waals surface area (Å²) in [6.07, 6.45) is 3.13. The van der Waals surface area contributed by atoms with Crippen LogP contribution in [0.5, 0.6) is 0 Å². The third kappa shape index (κ3) is 5.00. The molecule has 166 valence electrons. The summed E-state index contributed by atoms with van der Waals surface area (Å²) in [5.41, 5.74) is 5.24. The summed E-state index contributed by atoms with van der Waals surface area (Å²) in [7, 11) is 0. The van der Waals surface area contributed by atoms with Crippen LogP contribution in [-0.2, 0) is 12.8 Å². The highest BCUT2D eigenvalue weighted by Gasteiger charge is 2.35. The van der Waals surface area contributed by atoms with Gasteiger partial charge in [-0.05, 0) is 79.1 Å². The van der Waals surface area contributed by atoms with Crippen LogP contribution in [-0.4, -0.2) is 51.8 Å². The van der Waals surface area contributed by atoms with Crippen LogP contribution in [0.1, 0.15) is 54.2 Å². The third-order valence-electron chi connectivity index (χ3n) is 6.65. The number of rotatable bonds is 1. The minimum absolute atomic E-state index is 0.224. The number of carboxylic acid groups (broad SMARTS) is 1. The van der Waals surface area contributed by atoms with Gasteiger partial charge in [-0.1, -0.05) is 44.0 Å². The van der Waals surface area contributed by atoms with E-state index in [-0.39, 0.29) is 12.1 Å². The Balaban J connectivity index is 0.000000177. The van der Waals surface area contributed by atoms with E-state index in [1.54, 1.807) is 0 Å². The van der Waals surface area contributed by atoms with E-state index in [2.05, 4.69) is 67.9 Å². The SMILES string of the molecule is C[C@H]1CN(C(=O)O)CCN1C1CCc2cc(Br)ccc21.OC1CCc2cc(Br)ccc21. The molecule has 2 aromatic rings. The van der Waals surface area contributed by atoms with Crippen molar-refractivity contribution in [1.82, 2.24) is 9.80 Å². The molecule has 0 spiro atoms. The topological polar surface area (TPSA) is 64.0 Å². The molecular weight excluding hydrogens is 524 g/mol. The zero-order valence-electron chi connectivity index (χ0n) is 17.6. The maximum absolute atomic E-state index is 11.1. The first kappa shape index (κ1) is 22.8. The van der Waals surface area contributed by atoms with Crippen LogP contribution >= 0.6 is 31.9 Å². The van der Waals surface area contributed by atoms with E-state index in [1.165, 1.54) is 21.6 Å².